The highest BCUT2D eigenvalue weighted by atomic mass is 32.2. The third-order valence-corrected chi connectivity index (χ3v) is 7.29. The Kier molecular flexibility index (Phi) is 7.77. The summed E-state index contributed by atoms with van der Waals surface area (Å²) in [5.41, 5.74) is 1.04. The topological polar surface area (TPSA) is 54.3 Å². The average Bonchev–Trinajstić information content (AvgIpc) is 3.47. The molecular formula is C23H29N5OS2. The zero-order chi connectivity index (χ0) is 21.5. The lowest BCUT2D eigenvalue weighted by atomic mass is 10.1. The van der Waals surface area contributed by atoms with Crippen molar-refractivity contribution in [2.24, 2.45) is 0 Å². The predicted octanol–water partition coefficient (Wildman–Crippen LogP) is 4.46. The van der Waals surface area contributed by atoms with Crippen LogP contribution in [0, 0.1) is 0 Å². The second kappa shape index (κ2) is 10.9. The van der Waals surface area contributed by atoms with E-state index in [1.807, 2.05) is 36.1 Å². The number of aromatic nitrogens is 3. The number of amides is 1. The molecule has 8 heteroatoms. The maximum Gasteiger partial charge on any atom is 0.233 e. The number of carbonyl (C=O) groups is 1. The van der Waals surface area contributed by atoms with E-state index in [-0.39, 0.29) is 5.91 Å². The van der Waals surface area contributed by atoms with Crippen molar-refractivity contribution in [1.29, 1.82) is 0 Å². The SMILES string of the molecule is CCN(Cc1cccs1)C(=O)CSc1nnc(CN2CCCCC2)n1-c1ccccc1. The van der Waals surface area contributed by atoms with E-state index in [1.165, 1.54) is 35.9 Å². The first kappa shape index (κ1) is 22.0. The first-order chi connectivity index (χ1) is 15.2. The number of piperidine rings is 1. The summed E-state index contributed by atoms with van der Waals surface area (Å²) in [5.74, 6) is 1.42. The molecule has 1 aliphatic rings. The number of thiophene rings is 1. The fraction of sp³-hybridized carbons (Fsp3) is 0.435. The van der Waals surface area contributed by atoms with Crippen molar-refractivity contribution < 1.29 is 4.79 Å². The third kappa shape index (κ3) is 5.75. The van der Waals surface area contributed by atoms with E-state index in [9.17, 15) is 4.79 Å². The number of thioether (sulfide) groups is 1. The second-order valence-electron chi connectivity index (χ2n) is 7.68. The molecule has 1 saturated heterocycles. The molecule has 1 amide bonds. The van der Waals surface area contributed by atoms with Gasteiger partial charge in [-0.25, -0.2) is 0 Å². The molecule has 1 aromatic carbocycles. The van der Waals surface area contributed by atoms with Gasteiger partial charge in [0.1, 0.15) is 0 Å². The fourth-order valence-corrected chi connectivity index (χ4v) is 5.43. The standard InChI is InChI=1S/C23H29N5OS2/c1-2-27(16-20-12-9-15-30-20)22(29)18-31-23-25-24-21(17-26-13-7-4-8-14-26)28(23)19-10-5-3-6-11-19/h3,5-6,9-12,15H,2,4,7-8,13-14,16-18H2,1H3. The van der Waals surface area contributed by atoms with E-state index in [0.29, 0.717) is 18.8 Å². The molecule has 0 radical (unpaired) electrons. The summed E-state index contributed by atoms with van der Waals surface area (Å²) in [6.07, 6.45) is 3.80. The monoisotopic (exact) mass is 455 g/mol. The molecule has 0 saturated carbocycles. The van der Waals surface area contributed by atoms with Crippen LogP contribution in [-0.4, -0.2) is 55.9 Å². The van der Waals surface area contributed by atoms with Crippen LogP contribution in [0.1, 0.15) is 36.9 Å². The number of nitrogens with zero attached hydrogens (tertiary/aromatic N) is 5. The number of likely N-dealkylation sites (tertiary alicyclic amines) is 1. The van der Waals surface area contributed by atoms with Crippen LogP contribution in [0.15, 0.2) is 53.0 Å². The molecule has 0 bridgehead atoms. The molecule has 0 N–H and O–H groups in total. The number of benzene rings is 1. The van der Waals surface area contributed by atoms with E-state index < -0.39 is 0 Å². The van der Waals surface area contributed by atoms with Crippen molar-refractivity contribution in [3.63, 3.8) is 0 Å². The lowest BCUT2D eigenvalue weighted by Crippen LogP contribution is -2.31. The van der Waals surface area contributed by atoms with Gasteiger partial charge in [-0.1, -0.05) is 42.4 Å². The van der Waals surface area contributed by atoms with Gasteiger partial charge in [0.15, 0.2) is 11.0 Å². The van der Waals surface area contributed by atoms with Gasteiger partial charge in [0.05, 0.1) is 18.8 Å². The van der Waals surface area contributed by atoms with Gasteiger partial charge in [0, 0.05) is 17.1 Å². The number of hydrogen-bond acceptors (Lipinski definition) is 6. The lowest BCUT2D eigenvalue weighted by Gasteiger charge is -2.26. The quantitative estimate of drug-likeness (QED) is 0.446. The molecule has 0 unspecified atom stereocenters. The summed E-state index contributed by atoms with van der Waals surface area (Å²) in [5, 5.41) is 11.8. The van der Waals surface area contributed by atoms with E-state index in [1.54, 1.807) is 11.3 Å². The van der Waals surface area contributed by atoms with Crippen LogP contribution < -0.4 is 0 Å². The Bertz CT molecular complexity index is 952. The van der Waals surface area contributed by atoms with Crippen LogP contribution in [0.2, 0.25) is 0 Å². The highest BCUT2D eigenvalue weighted by Gasteiger charge is 2.20. The summed E-state index contributed by atoms with van der Waals surface area (Å²) < 4.78 is 2.11. The van der Waals surface area contributed by atoms with E-state index >= 15 is 0 Å². The van der Waals surface area contributed by atoms with Crippen molar-refractivity contribution in [1.82, 2.24) is 24.6 Å². The Hall–Kier alpha value is -2.16. The van der Waals surface area contributed by atoms with Gasteiger partial charge in [0.25, 0.3) is 0 Å². The van der Waals surface area contributed by atoms with Gasteiger partial charge in [-0.3, -0.25) is 14.3 Å². The van der Waals surface area contributed by atoms with Gasteiger partial charge in [-0.2, -0.15) is 0 Å². The molecule has 3 aromatic rings. The minimum atomic E-state index is 0.126. The molecule has 3 heterocycles. The van der Waals surface area contributed by atoms with E-state index in [0.717, 1.165) is 36.3 Å². The molecule has 164 valence electrons. The summed E-state index contributed by atoms with van der Waals surface area (Å²) in [6.45, 7) is 6.39. The number of hydrogen-bond donors (Lipinski definition) is 0. The van der Waals surface area contributed by atoms with Crippen LogP contribution in [0.4, 0.5) is 0 Å². The van der Waals surface area contributed by atoms with Gasteiger partial charge in [-0.15, -0.1) is 21.5 Å². The van der Waals surface area contributed by atoms with E-state index in [2.05, 4.69) is 43.2 Å². The van der Waals surface area contributed by atoms with Gasteiger partial charge >= 0.3 is 0 Å². The van der Waals surface area contributed by atoms with Crippen molar-refractivity contribution in [3.05, 3.63) is 58.5 Å². The zero-order valence-electron chi connectivity index (χ0n) is 17.9. The molecule has 0 atom stereocenters. The summed E-state index contributed by atoms with van der Waals surface area (Å²) in [4.78, 5) is 18.4. The van der Waals surface area contributed by atoms with Crippen LogP contribution >= 0.6 is 23.1 Å². The number of para-hydroxylation sites is 1. The van der Waals surface area contributed by atoms with Crippen molar-refractivity contribution in [2.75, 3.05) is 25.4 Å². The first-order valence-electron chi connectivity index (χ1n) is 10.9. The van der Waals surface area contributed by atoms with Crippen LogP contribution in [-0.2, 0) is 17.9 Å². The van der Waals surface area contributed by atoms with Crippen LogP contribution in [0.25, 0.3) is 5.69 Å². The van der Waals surface area contributed by atoms with E-state index in [4.69, 9.17) is 0 Å². The van der Waals surface area contributed by atoms with Gasteiger partial charge in [0.2, 0.25) is 5.91 Å². The Morgan fingerprint density at radius 3 is 2.61 bits per heavy atom. The fourth-order valence-electron chi connectivity index (χ4n) is 3.83. The van der Waals surface area contributed by atoms with Crippen LogP contribution in [0.3, 0.4) is 0 Å². The number of rotatable bonds is 9. The molecule has 0 spiro atoms. The summed E-state index contributed by atoms with van der Waals surface area (Å²) in [7, 11) is 0. The summed E-state index contributed by atoms with van der Waals surface area (Å²) >= 11 is 3.16. The maximum absolute atomic E-state index is 12.9. The normalized spacial score (nSPS) is 14.6. The van der Waals surface area contributed by atoms with Crippen molar-refractivity contribution in [2.45, 2.75) is 44.4 Å². The van der Waals surface area contributed by atoms with Crippen molar-refractivity contribution in [3.8, 4) is 5.69 Å². The van der Waals surface area contributed by atoms with Crippen molar-refractivity contribution >= 4 is 29.0 Å². The smallest absolute Gasteiger partial charge is 0.233 e. The van der Waals surface area contributed by atoms with Gasteiger partial charge in [-0.05, 0) is 56.4 Å². The molecule has 31 heavy (non-hydrogen) atoms. The average molecular weight is 456 g/mol. The molecule has 2 aromatic heterocycles. The number of carbonyl (C=O) groups excluding carboxylic acids is 1. The third-order valence-electron chi connectivity index (χ3n) is 5.51. The zero-order valence-corrected chi connectivity index (χ0v) is 19.6. The highest BCUT2D eigenvalue weighted by molar-refractivity contribution is 7.99. The largest absolute Gasteiger partial charge is 0.337 e. The molecule has 6 nitrogen and oxygen atoms in total. The Morgan fingerprint density at radius 2 is 1.90 bits per heavy atom. The minimum Gasteiger partial charge on any atom is -0.337 e. The predicted molar refractivity (Wildman–Crippen MR) is 127 cm³/mol. The van der Waals surface area contributed by atoms with Crippen LogP contribution in [0.5, 0.6) is 0 Å². The highest BCUT2D eigenvalue weighted by Crippen LogP contribution is 2.24. The lowest BCUT2D eigenvalue weighted by molar-refractivity contribution is -0.128. The second-order valence-corrected chi connectivity index (χ2v) is 9.66. The summed E-state index contributed by atoms with van der Waals surface area (Å²) in [6, 6.07) is 14.3. The Balaban J connectivity index is 1.48. The van der Waals surface area contributed by atoms with Gasteiger partial charge < -0.3 is 4.90 Å². The molecule has 1 fully saturated rings. The maximum atomic E-state index is 12.9. The molecule has 4 rings (SSSR count). The molecule has 0 aliphatic carbocycles. The minimum absolute atomic E-state index is 0.126. The molecular weight excluding hydrogens is 426 g/mol. The Morgan fingerprint density at radius 1 is 1.10 bits per heavy atom. The first-order valence-corrected chi connectivity index (χ1v) is 12.8. The Labute approximate surface area is 192 Å². The molecule has 1 aliphatic heterocycles.